The highest BCUT2D eigenvalue weighted by Crippen LogP contribution is 2.28. The highest BCUT2D eigenvalue weighted by molar-refractivity contribution is 7.12. The first-order chi connectivity index (χ1) is 13.5. The summed E-state index contributed by atoms with van der Waals surface area (Å²) in [5.41, 5.74) is 0.985. The number of hydrogen-bond donors (Lipinski definition) is 0. The largest absolute Gasteiger partial charge is 0.493 e. The lowest BCUT2D eigenvalue weighted by atomic mass is 9.95. The Morgan fingerprint density at radius 2 is 1.86 bits per heavy atom. The predicted octanol–water partition coefficient (Wildman–Crippen LogP) is 3.28. The molecule has 1 aromatic carbocycles. The Kier molecular flexibility index (Phi) is 6.57. The fourth-order valence-corrected chi connectivity index (χ4v) is 4.22. The second-order valence-corrected chi connectivity index (χ2v) is 7.88. The number of piperidine rings is 1. The molecule has 2 aromatic rings. The van der Waals surface area contributed by atoms with Gasteiger partial charge in [-0.05, 0) is 42.0 Å². The average molecular weight is 403 g/mol. The molecule has 1 fully saturated rings. The van der Waals surface area contributed by atoms with Gasteiger partial charge in [-0.1, -0.05) is 12.1 Å². The van der Waals surface area contributed by atoms with Crippen molar-refractivity contribution in [2.75, 3.05) is 34.4 Å². The lowest BCUT2D eigenvalue weighted by Crippen LogP contribution is -2.43. The number of amides is 2. The zero-order chi connectivity index (χ0) is 20.1. The second-order valence-electron chi connectivity index (χ2n) is 6.93. The van der Waals surface area contributed by atoms with Crippen molar-refractivity contribution in [1.82, 2.24) is 9.80 Å². The molecule has 0 radical (unpaired) electrons. The molecule has 150 valence electrons. The fourth-order valence-electron chi connectivity index (χ4n) is 3.53. The van der Waals surface area contributed by atoms with Gasteiger partial charge in [0.15, 0.2) is 11.5 Å². The zero-order valence-corrected chi connectivity index (χ0v) is 17.3. The van der Waals surface area contributed by atoms with Crippen molar-refractivity contribution in [2.24, 2.45) is 5.92 Å². The molecule has 0 aliphatic carbocycles. The predicted molar refractivity (Wildman–Crippen MR) is 109 cm³/mol. The van der Waals surface area contributed by atoms with E-state index in [4.69, 9.17) is 9.47 Å². The van der Waals surface area contributed by atoms with Crippen LogP contribution in [0.1, 0.15) is 28.1 Å². The van der Waals surface area contributed by atoms with E-state index in [1.807, 2.05) is 47.7 Å². The van der Waals surface area contributed by atoms with E-state index in [1.54, 1.807) is 19.1 Å². The van der Waals surface area contributed by atoms with Crippen molar-refractivity contribution in [3.05, 3.63) is 46.2 Å². The smallest absolute Gasteiger partial charge is 0.263 e. The van der Waals surface area contributed by atoms with E-state index in [0.717, 1.165) is 10.4 Å². The van der Waals surface area contributed by atoms with E-state index in [1.165, 1.54) is 11.3 Å². The van der Waals surface area contributed by atoms with Crippen molar-refractivity contribution in [3.8, 4) is 11.5 Å². The molecule has 0 unspecified atom stereocenters. The van der Waals surface area contributed by atoms with E-state index < -0.39 is 0 Å². The molecular formula is C21H26N2O4S. The Hall–Kier alpha value is -2.54. The number of likely N-dealkylation sites (tertiary alicyclic amines) is 1. The Labute approximate surface area is 169 Å². The normalized spacial score (nSPS) is 14.6. The van der Waals surface area contributed by atoms with Crippen molar-refractivity contribution in [3.63, 3.8) is 0 Å². The van der Waals surface area contributed by atoms with Gasteiger partial charge in [-0.3, -0.25) is 9.59 Å². The highest BCUT2D eigenvalue weighted by atomic mass is 32.1. The van der Waals surface area contributed by atoms with E-state index >= 15 is 0 Å². The van der Waals surface area contributed by atoms with E-state index in [-0.39, 0.29) is 17.7 Å². The Bertz CT molecular complexity index is 814. The summed E-state index contributed by atoms with van der Waals surface area (Å²) >= 11 is 1.46. The number of thiophene rings is 1. The van der Waals surface area contributed by atoms with Crippen LogP contribution in [0.25, 0.3) is 0 Å². The summed E-state index contributed by atoms with van der Waals surface area (Å²) in [7, 11) is 5.02. The van der Waals surface area contributed by atoms with Gasteiger partial charge in [0, 0.05) is 32.6 Å². The third-order valence-electron chi connectivity index (χ3n) is 5.11. The molecule has 0 spiro atoms. The monoisotopic (exact) mass is 402 g/mol. The number of rotatable bonds is 6. The van der Waals surface area contributed by atoms with E-state index in [9.17, 15) is 9.59 Å². The summed E-state index contributed by atoms with van der Waals surface area (Å²) in [6.07, 6.45) is 1.40. The Morgan fingerprint density at radius 1 is 1.14 bits per heavy atom. The topological polar surface area (TPSA) is 59.1 Å². The molecular weight excluding hydrogens is 376 g/mol. The molecule has 28 heavy (non-hydrogen) atoms. The van der Waals surface area contributed by atoms with Crippen molar-refractivity contribution in [1.29, 1.82) is 0 Å². The van der Waals surface area contributed by atoms with Crippen LogP contribution in [0.3, 0.4) is 0 Å². The molecule has 6 nitrogen and oxygen atoms in total. The number of ether oxygens (including phenoxy) is 2. The van der Waals surface area contributed by atoms with Gasteiger partial charge < -0.3 is 19.3 Å². The van der Waals surface area contributed by atoms with Crippen LogP contribution in [0, 0.1) is 5.92 Å². The van der Waals surface area contributed by atoms with Gasteiger partial charge in [-0.2, -0.15) is 0 Å². The number of carbonyl (C=O) groups excluding carboxylic acids is 2. The van der Waals surface area contributed by atoms with Gasteiger partial charge in [0.1, 0.15) is 0 Å². The fraction of sp³-hybridized carbons (Fsp3) is 0.429. The van der Waals surface area contributed by atoms with Crippen LogP contribution in [0.2, 0.25) is 0 Å². The van der Waals surface area contributed by atoms with Crippen LogP contribution in [0.4, 0.5) is 0 Å². The van der Waals surface area contributed by atoms with Crippen LogP contribution in [-0.4, -0.2) is 56.0 Å². The summed E-state index contributed by atoms with van der Waals surface area (Å²) in [6.45, 7) is 1.75. The Balaban J connectivity index is 1.55. The molecule has 0 atom stereocenters. The number of carbonyl (C=O) groups is 2. The lowest BCUT2D eigenvalue weighted by Gasteiger charge is -2.33. The molecule has 2 amide bonds. The van der Waals surface area contributed by atoms with Gasteiger partial charge in [0.2, 0.25) is 5.91 Å². The molecule has 1 aromatic heterocycles. The van der Waals surface area contributed by atoms with Gasteiger partial charge in [-0.25, -0.2) is 0 Å². The van der Waals surface area contributed by atoms with Crippen LogP contribution in [0.15, 0.2) is 35.7 Å². The minimum absolute atomic E-state index is 0.0440. The summed E-state index contributed by atoms with van der Waals surface area (Å²) in [5, 5.41) is 1.91. The number of hydrogen-bond acceptors (Lipinski definition) is 5. The lowest BCUT2D eigenvalue weighted by molar-refractivity contribution is -0.136. The molecule has 1 aliphatic heterocycles. The molecule has 0 bridgehead atoms. The summed E-state index contributed by atoms with van der Waals surface area (Å²) in [4.78, 5) is 29.7. The van der Waals surface area contributed by atoms with Crippen LogP contribution < -0.4 is 9.47 Å². The maximum atomic E-state index is 12.9. The second kappa shape index (κ2) is 9.10. The van der Waals surface area contributed by atoms with Crippen LogP contribution in [0.5, 0.6) is 11.5 Å². The minimum atomic E-state index is -0.0440. The molecule has 0 saturated carbocycles. The molecule has 7 heteroatoms. The van der Waals surface area contributed by atoms with E-state index in [2.05, 4.69) is 0 Å². The molecule has 2 heterocycles. The summed E-state index contributed by atoms with van der Waals surface area (Å²) in [5.74, 6) is 1.47. The van der Waals surface area contributed by atoms with Crippen LogP contribution in [-0.2, 0) is 11.3 Å². The molecule has 1 saturated heterocycles. The third kappa shape index (κ3) is 4.47. The summed E-state index contributed by atoms with van der Waals surface area (Å²) in [6, 6.07) is 9.41. The first kappa shape index (κ1) is 20.2. The van der Waals surface area contributed by atoms with Gasteiger partial charge in [0.25, 0.3) is 5.91 Å². The van der Waals surface area contributed by atoms with Gasteiger partial charge in [0.05, 0.1) is 19.1 Å². The Morgan fingerprint density at radius 3 is 2.46 bits per heavy atom. The standard InChI is InChI=1S/C21H26N2O4S/c1-22(14-15-6-7-17(26-2)18(13-15)27-3)20(24)16-8-10-23(11-9-16)21(25)19-5-4-12-28-19/h4-7,12-13,16H,8-11,14H2,1-3H3. The maximum Gasteiger partial charge on any atom is 0.263 e. The zero-order valence-electron chi connectivity index (χ0n) is 16.5. The minimum Gasteiger partial charge on any atom is -0.493 e. The van der Waals surface area contributed by atoms with Crippen molar-refractivity contribution >= 4 is 23.2 Å². The third-order valence-corrected chi connectivity index (χ3v) is 5.97. The quantitative estimate of drug-likeness (QED) is 0.744. The maximum absolute atomic E-state index is 12.9. The average Bonchev–Trinajstić information content (AvgIpc) is 3.27. The van der Waals surface area contributed by atoms with Crippen molar-refractivity contribution < 1.29 is 19.1 Å². The molecule has 1 aliphatic rings. The van der Waals surface area contributed by atoms with Crippen LogP contribution >= 0.6 is 11.3 Å². The SMILES string of the molecule is COc1ccc(CN(C)C(=O)C2CCN(C(=O)c3cccs3)CC2)cc1OC. The molecule has 3 rings (SSSR count). The first-order valence-corrected chi connectivity index (χ1v) is 10.2. The first-order valence-electron chi connectivity index (χ1n) is 9.32. The van der Waals surface area contributed by atoms with Gasteiger partial charge >= 0.3 is 0 Å². The van der Waals surface area contributed by atoms with Gasteiger partial charge in [-0.15, -0.1) is 11.3 Å². The number of benzene rings is 1. The van der Waals surface area contributed by atoms with Crippen molar-refractivity contribution in [2.45, 2.75) is 19.4 Å². The molecule has 0 N–H and O–H groups in total. The van der Waals surface area contributed by atoms with E-state index in [0.29, 0.717) is 44.0 Å². The summed E-state index contributed by atoms with van der Waals surface area (Å²) < 4.78 is 10.6. The number of nitrogens with zero attached hydrogens (tertiary/aromatic N) is 2. The highest BCUT2D eigenvalue weighted by Gasteiger charge is 2.29. The number of methoxy groups -OCH3 is 2.